The van der Waals surface area contributed by atoms with Crippen molar-refractivity contribution in [2.24, 2.45) is 0 Å². The van der Waals surface area contributed by atoms with Crippen LogP contribution in [0.4, 0.5) is 19.0 Å². The van der Waals surface area contributed by atoms with E-state index >= 15 is 0 Å². The number of hydrogen-bond donors (Lipinski definition) is 1. The number of nitrogens with one attached hydrogen (secondary N) is 1. The first-order valence-electron chi connectivity index (χ1n) is 5.06. The summed E-state index contributed by atoms with van der Waals surface area (Å²) >= 11 is 5.79. The normalized spacial score (nSPS) is 11.4. The monoisotopic (exact) mass is 289 g/mol. The van der Waals surface area contributed by atoms with Gasteiger partial charge in [-0.2, -0.15) is 18.3 Å². The number of anilines is 1. The molecule has 1 heterocycles. The molecule has 2 rings (SSSR count). The zero-order valence-electron chi connectivity index (χ0n) is 9.28. The van der Waals surface area contributed by atoms with E-state index in [4.69, 9.17) is 11.6 Å². The largest absolute Gasteiger partial charge is 0.471 e. The highest BCUT2D eigenvalue weighted by molar-refractivity contribution is 6.30. The Morgan fingerprint density at radius 3 is 2.68 bits per heavy atom. The van der Waals surface area contributed by atoms with Gasteiger partial charge in [-0.15, -0.1) is 0 Å². The van der Waals surface area contributed by atoms with Crippen molar-refractivity contribution in [2.75, 3.05) is 5.32 Å². The lowest BCUT2D eigenvalue weighted by Gasteiger charge is -2.05. The van der Waals surface area contributed by atoms with Gasteiger partial charge in [0.25, 0.3) is 0 Å². The number of rotatable bonds is 2. The second-order valence-corrected chi connectivity index (χ2v) is 4.01. The van der Waals surface area contributed by atoms with E-state index in [1.807, 2.05) is 0 Å². The zero-order valence-corrected chi connectivity index (χ0v) is 10.0. The van der Waals surface area contributed by atoms with E-state index in [-0.39, 0.29) is 5.82 Å². The minimum Gasteiger partial charge on any atom is -0.301 e. The smallest absolute Gasteiger partial charge is 0.301 e. The summed E-state index contributed by atoms with van der Waals surface area (Å²) in [6, 6.07) is 7.84. The maximum absolute atomic E-state index is 12.1. The average molecular weight is 290 g/mol. The Hall–Kier alpha value is -2.02. The van der Waals surface area contributed by atoms with Crippen molar-refractivity contribution >= 4 is 23.3 Å². The van der Waals surface area contributed by atoms with Gasteiger partial charge in [-0.3, -0.25) is 4.79 Å². The molecular weight excluding hydrogens is 283 g/mol. The van der Waals surface area contributed by atoms with Crippen LogP contribution in [0.15, 0.2) is 36.5 Å². The molecule has 0 bridgehead atoms. The molecule has 1 aromatic carbocycles. The summed E-state index contributed by atoms with van der Waals surface area (Å²) in [6.45, 7) is 0. The van der Waals surface area contributed by atoms with Crippen LogP contribution in [0.25, 0.3) is 5.69 Å². The fraction of sp³-hybridized carbons (Fsp3) is 0.0909. The third kappa shape index (κ3) is 3.25. The number of benzene rings is 1. The molecule has 0 saturated carbocycles. The van der Waals surface area contributed by atoms with Gasteiger partial charge < -0.3 is 5.32 Å². The highest BCUT2D eigenvalue weighted by atomic mass is 35.5. The molecule has 2 aromatic rings. The van der Waals surface area contributed by atoms with Gasteiger partial charge in [-0.1, -0.05) is 17.7 Å². The molecule has 19 heavy (non-hydrogen) atoms. The Bertz CT molecular complexity index is 609. The Morgan fingerprint density at radius 2 is 2.05 bits per heavy atom. The maximum atomic E-state index is 12.1. The topological polar surface area (TPSA) is 46.9 Å². The van der Waals surface area contributed by atoms with Crippen molar-refractivity contribution in [1.82, 2.24) is 9.78 Å². The molecule has 1 amide bonds. The molecule has 0 fully saturated rings. The van der Waals surface area contributed by atoms with Crippen LogP contribution in [0.1, 0.15) is 0 Å². The quantitative estimate of drug-likeness (QED) is 0.924. The first-order chi connectivity index (χ1) is 8.86. The fourth-order valence-electron chi connectivity index (χ4n) is 1.34. The molecule has 0 spiro atoms. The second-order valence-electron chi connectivity index (χ2n) is 3.58. The van der Waals surface area contributed by atoms with Gasteiger partial charge >= 0.3 is 12.1 Å². The highest BCUT2D eigenvalue weighted by Crippen LogP contribution is 2.19. The number of aromatic nitrogens is 2. The molecule has 8 heteroatoms. The average Bonchev–Trinajstić information content (AvgIpc) is 2.76. The molecule has 0 aliphatic rings. The molecule has 100 valence electrons. The van der Waals surface area contributed by atoms with Crippen LogP contribution in [0.5, 0.6) is 0 Å². The Kier molecular flexibility index (Phi) is 3.48. The van der Waals surface area contributed by atoms with E-state index in [1.54, 1.807) is 29.6 Å². The number of carbonyl (C=O) groups excluding carboxylic acids is 1. The highest BCUT2D eigenvalue weighted by Gasteiger charge is 2.39. The zero-order chi connectivity index (χ0) is 14.0. The fourth-order valence-corrected chi connectivity index (χ4v) is 1.52. The lowest BCUT2D eigenvalue weighted by atomic mass is 10.3. The van der Waals surface area contributed by atoms with Crippen molar-refractivity contribution in [3.63, 3.8) is 0 Å². The first-order valence-corrected chi connectivity index (χ1v) is 5.44. The van der Waals surface area contributed by atoms with Crippen LogP contribution < -0.4 is 5.32 Å². The van der Waals surface area contributed by atoms with Gasteiger partial charge in [0, 0.05) is 17.3 Å². The second kappa shape index (κ2) is 4.93. The summed E-state index contributed by atoms with van der Waals surface area (Å²) in [5.41, 5.74) is 0.569. The van der Waals surface area contributed by atoms with Crippen molar-refractivity contribution in [2.45, 2.75) is 6.18 Å². The summed E-state index contributed by atoms with van der Waals surface area (Å²) in [5.74, 6) is -2.26. The SMILES string of the molecule is O=C(Nc1ccn(-c2cccc(Cl)c2)n1)C(F)(F)F. The maximum Gasteiger partial charge on any atom is 0.471 e. The van der Waals surface area contributed by atoms with Crippen LogP contribution >= 0.6 is 11.6 Å². The minimum atomic E-state index is -4.94. The van der Waals surface area contributed by atoms with E-state index in [2.05, 4.69) is 5.10 Å². The van der Waals surface area contributed by atoms with Gasteiger partial charge in [0.05, 0.1) is 5.69 Å². The lowest BCUT2D eigenvalue weighted by molar-refractivity contribution is -0.167. The summed E-state index contributed by atoms with van der Waals surface area (Å²) < 4.78 is 37.5. The van der Waals surface area contributed by atoms with Crippen LogP contribution in [-0.2, 0) is 4.79 Å². The number of amides is 1. The van der Waals surface area contributed by atoms with E-state index in [1.165, 1.54) is 16.9 Å². The molecular formula is C11H7ClF3N3O. The molecule has 0 aliphatic carbocycles. The van der Waals surface area contributed by atoms with Gasteiger partial charge in [-0.05, 0) is 18.2 Å². The third-order valence-electron chi connectivity index (χ3n) is 2.16. The van der Waals surface area contributed by atoms with Crippen LogP contribution in [0.2, 0.25) is 5.02 Å². The van der Waals surface area contributed by atoms with E-state index in [0.29, 0.717) is 10.7 Å². The van der Waals surface area contributed by atoms with Crippen molar-refractivity contribution < 1.29 is 18.0 Å². The minimum absolute atomic E-state index is 0.192. The molecule has 4 nitrogen and oxygen atoms in total. The number of alkyl halides is 3. The van der Waals surface area contributed by atoms with Gasteiger partial charge in [-0.25, -0.2) is 4.68 Å². The predicted molar refractivity (Wildman–Crippen MR) is 63.3 cm³/mol. The van der Waals surface area contributed by atoms with E-state index in [9.17, 15) is 18.0 Å². The molecule has 1 N–H and O–H groups in total. The molecule has 0 aliphatic heterocycles. The molecule has 0 atom stereocenters. The number of nitrogens with zero attached hydrogens (tertiary/aromatic N) is 2. The van der Waals surface area contributed by atoms with Crippen molar-refractivity contribution in [3.05, 3.63) is 41.6 Å². The van der Waals surface area contributed by atoms with E-state index in [0.717, 1.165) is 0 Å². The van der Waals surface area contributed by atoms with Crippen molar-refractivity contribution in [1.29, 1.82) is 0 Å². The summed E-state index contributed by atoms with van der Waals surface area (Å²) in [6.07, 6.45) is -3.53. The molecule has 0 unspecified atom stereocenters. The Labute approximate surface area is 110 Å². The van der Waals surface area contributed by atoms with E-state index < -0.39 is 12.1 Å². The van der Waals surface area contributed by atoms with Gasteiger partial charge in [0.15, 0.2) is 5.82 Å². The van der Waals surface area contributed by atoms with Crippen LogP contribution in [-0.4, -0.2) is 21.9 Å². The summed E-state index contributed by atoms with van der Waals surface area (Å²) in [4.78, 5) is 10.7. The molecule has 1 aromatic heterocycles. The molecule has 0 radical (unpaired) electrons. The van der Waals surface area contributed by atoms with Crippen molar-refractivity contribution in [3.8, 4) is 5.69 Å². The number of halogens is 4. The standard InChI is InChI=1S/C11H7ClF3N3O/c12-7-2-1-3-8(6-7)18-5-4-9(17-18)16-10(19)11(13,14)15/h1-6H,(H,16,17,19). The van der Waals surface area contributed by atoms with Gasteiger partial charge in [0.2, 0.25) is 0 Å². The first kappa shape index (κ1) is 13.4. The molecule has 0 saturated heterocycles. The summed E-state index contributed by atoms with van der Waals surface area (Å²) in [5, 5.41) is 5.93. The van der Waals surface area contributed by atoms with Crippen LogP contribution in [0.3, 0.4) is 0 Å². The Balaban J connectivity index is 2.18. The number of hydrogen-bond acceptors (Lipinski definition) is 2. The Morgan fingerprint density at radius 1 is 1.32 bits per heavy atom. The van der Waals surface area contributed by atoms with Gasteiger partial charge in [0.1, 0.15) is 0 Å². The van der Waals surface area contributed by atoms with Crippen LogP contribution in [0, 0.1) is 0 Å². The third-order valence-corrected chi connectivity index (χ3v) is 2.40. The predicted octanol–water partition coefficient (Wildman–Crippen LogP) is 3.03. The number of carbonyl (C=O) groups is 1. The summed E-state index contributed by atoms with van der Waals surface area (Å²) in [7, 11) is 0. The lowest BCUT2D eigenvalue weighted by Crippen LogP contribution is -2.30.